The molecule has 30 heavy (non-hydrogen) atoms. The molecule has 0 saturated carbocycles. The first-order valence-corrected chi connectivity index (χ1v) is 11.6. The fourth-order valence-corrected chi connectivity index (χ4v) is 4.98. The molecular weight excluding hydrogens is 407 g/mol. The van der Waals surface area contributed by atoms with Gasteiger partial charge in [-0.25, -0.2) is 12.8 Å². The highest BCUT2D eigenvalue weighted by atomic mass is 32.2. The van der Waals surface area contributed by atoms with Crippen LogP contribution in [0.15, 0.2) is 42.5 Å². The summed E-state index contributed by atoms with van der Waals surface area (Å²) < 4.78 is 46.0. The number of hydrogen-bond acceptors (Lipinski definition) is 4. The second-order valence-electron chi connectivity index (χ2n) is 8.35. The molecule has 1 N–H and O–H groups in total. The molecule has 0 unspecified atom stereocenters. The van der Waals surface area contributed by atoms with Crippen LogP contribution in [-0.4, -0.2) is 32.2 Å². The van der Waals surface area contributed by atoms with Crippen LogP contribution < -0.4 is 14.4 Å². The van der Waals surface area contributed by atoms with Crippen LogP contribution in [0, 0.1) is 12.7 Å². The Morgan fingerprint density at radius 1 is 1.27 bits per heavy atom. The van der Waals surface area contributed by atoms with E-state index in [0.717, 1.165) is 27.8 Å². The zero-order valence-corrected chi connectivity index (χ0v) is 18.6. The first kappa shape index (κ1) is 22.1. The third kappa shape index (κ3) is 4.59. The Labute approximate surface area is 177 Å². The van der Waals surface area contributed by atoms with Crippen LogP contribution in [-0.2, 0) is 14.8 Å². The summed E-state index contributed by atoms with van der Waals surface area (Å²) in [7, 11) is -3.91. The van der Waals surface area contributed by atoms with Crippen LogP contribution in [0.3, 0.4) is 0 Å². The highest BCUT2D eigenvalue weighted by Gasteiger charge is 2.37. The van der Waals surface area contributed by atoms with Crippen LogP contribution in [0.5, 0.6) is 5.75 Å². The van der Waals surface area contributed by atoms with E-state index >= 15 is 0 Å². The van der Waals surface area contributed by atoms with Gasteiger partial charge >= 0.3 is 0 Å². The fraction of sp³-hybridized carbons (Fsp3) is 0.409. The van der Waals surface area contributed by atoms with Crippen LogP contribution in [0.4, 0.5) is 10.1 Å². The van der Waals surface area contributed by atoms with E-state index in [9.17, 15) is 17.6 Å². The molecule has 1 heterocycles. The fourth-order valence-electron chi connectivity index (χ4n) is 3.81. The predicted molar refractivity (Wildman–Crippen MR) is 115 cm³/mol. The molecule has 1 aliphatic heterocycles. The van der Waals surface area contributed by atoms with E-state index in [4.69, 9.17) is 4.74 Å². The average Bonchev–Trinajstić information content (AvgIpc) is 2.62. The molecule has 162 valence electrons. The molecule has 0 spiro atoms. The second-order valence-corrected chi connectivity index (χ2v) is 10.2. The minimum Gasteiger partial charge on any atom is -0.487 e. The number of aryl methyl sites for hydroxylation is 1. The maximum Gasteiger partial charge on any atom is 0.244 e. The average molecular weight is 435 g/mol. The summed E-state index contributed by atoms with van der Waals surface area (Å²) in [5, 5.41) is 2.95. The van der Waals surface area contributed by atoms with Gasteiger partial charge in [0.05, 0.1) is 18.0 Å². The van der Waals surface area contributed by atoms with E-state index in [1.54, 1.807) is 0 Å². The van der Waals surface area contributed by atoms with Gasteiger partial charge in [-0.15, -0.1) is 0 Å². The maximum atomic E-state index is 14.3. The Balaban J connectivity index is 1.93. The van der Waals surface area contributed by atoms with E-state index in [2.05, 4.69) is 5.32 Å². The van der Waals surface area contributed by atoms with E-state index in [0.29, 0.717) is 12.2 Å². The summed E-state index contributed by atoms with van der Waals surface area (Å²) in [5.74, 6) is -0.543. The number of rotatable bonds is 5. The molecule has 1 aliphatic rings. The number of nitrogens with one attached hydrogen (secondary N) is 1. The van der Waals surface area contributed by atoms with Gasteiger partial charge in [0.25, 0.3) is 0 Å². The molecule has 6 nitrogen and oxygen atoms in total. The topological polar surface area (TPSA) is 75.7 Å². The SMILES string of the molecule is Cc1ccc2c(c1)[C@@H](NC(=O)[C@@H](C)N(c1ccccc1F)S(C)(=O)=O)CC(C)(C)O2. The molecule has 0 fully saturated rings. The molecule has 0 bridgehead atoms. The molecular formula is C22H27FN2O4S. The molecule has 1 amide bonds. The highest BCUT2D eigenvalue weighted by Crippen LogP contribution is 2.40. The van der Waals surface area contributed by atoms with Gasteiger partial charge in [-0.05, 0) is 45.9 Å². The molecule has 0 saturated heterocycles. The first-order chi connectivity index (χ1) is 13.9. The van der Waals surface area contributed by atoms with Crippen molar-refractivity contribution in [3.8, 4) is 5.75 Å². The number of para-hydroxylation sites is 1. The normalized spacial score (nSPS) is 18.7. The number of nitrogens with zero attached hydrogens (tertiary/aromatic N) is 1. The number of halogens is 1. The number of sulfonamides is 1. The molecule has 0 aliphatic carbocycles. The summed E-state index contributed by atoms with van der Waals surface area (Å²) in [4.78, 5) is 13.1. The van der Waals surface area contributed by atoms with Crippen molar-refractivity contribution in [1.82, 2.24) is 5.32 Å². The standard InChI is InChI=1S/C22H27FN2O4S/c1-14-10-11-20-16(12-14)18(13-22(3,4)29-20)24-21(26)15(2)25(30(5,27)28)19-9-7-6-8-17(19)23/h6-12,15,18H,13H2,1-5H3,(H,24,26)/t15-,18+/m1/s1. The molecule has 2 aromatic carbocycles. The van der Waals surface area contributed by atoms with Gasteiger partial charge in [-0.3, -0.25) is 9.10 Å². The zero-order valence-electron chi connectivity index (χ0n) is 17.8. The summed E-state index contributed by atoms with van der Waals surface area (Å²) in [5.41, 5.74) is 1.19. The molecule has 0 radical (unpaired) electrons. The number of benzene rings is 2. The Morgan fingerprint density at radius 3 is 2.57 bits per heavy atom. The van der Waals surface area contributed by atoms with Gasteiger partial charge in [-0.2, -0.15) is 0 Å². The molecule has 3 rings (SSSR count). The van der Waals surface area contributed by atoms with Crippen molar-refractivity contribution in [3.63, 3.8) is 0 Å². The van der Waals surface area contributed by atoms with Crippen molar-refractivity contribution in [2.75, 3.05) is 10.6 Å². The quantitative estimate of drug-likeness (QED) is 0.779. The molecule has 2 aromatic rings. The van der Waals surface area contributed by atoms with E-state index in [-0.39, 0.29) is 11.7 Å². The van der Waals surface area contributed by atoms with Crippen molar-refractivity contribution in [1.29, 1.82) is 0 Å². The van der Waals surface area contributed by atoms with E-state index in [1.807, 2.05) is 39.0 Å². The summed E-state index contributed by atoms with van der Waals surface area (Å²) in [6, 6.07) is 9.76. The number of ether oxygens (including phenoxy) is 1. The van der Waals surface area contributed by atoms with E-state index in [1.165, 1.54) is 25.1 Å². The monoisotopic (exact) mass is 434 g/mol. The zero-order chi connectivity index (χ0) is 22.3. The van der Waals surface area contributed by atoms with E-state index < -0.39 is 33.4 Å². The predicted octanol–water partition coefficient (Wildman–Crippen LogP) is 3.71. The number of carbonyl (C=O) groups is 1. The minimum atomic E-state index is -3.91. The number of anilines is 1. The Bertz CT molecular complexity index is 1070. The third-order valence-electron chi connectivity index (χ3n) is 5.12. The number of amides is 1. The van der Waals surface area contributed by atoms with Crippen LogP contribution in [0.25, 0.3) is 0 Å². The van der Waals surface area contributed by atoms with Crippen molar-refractivity contribution in [2.24, 2.45) is 0 Å². The van der Waals surface area contributed by atoms with Crippen molar-refractivity contribution >= 4 is 21.6 Å². The van der Waals surface area contributed by atoms with Crippen LogP contribution in [0.1, 0.15) is 44.4 Å². The Hall–Kier alpha value is -2.61. The van der Waals surface area contributed by atoms with Crippen molar-refractivity contribution in [3.05, 3.63) is 59.4 Å². The second kappa shape index (κ2) is 7.91. The lowest BCUT2D eigenvalue weighted by Gasteiger charge is -2.39. The first-order valence-electron chi connectivity index (χ1n) is 9.73. The van der Waals surface area contributed by atoms with Crippen molar-refractivity contribution < 1.29 is 22.3 Å². The van der Waals surface area contributed by atoms with Crippen LogP contribution >= 0.6 is 0 Å². The van der Waals surface area contributed by atoms with Gasteiger partial charge in [0.15, 0.2) is 0 Å². The lowest BCUT2D eigenvalue weighted by molar-refractivity contribution is -0.123. The number of carbonyl (C=O) groups excluding carboxylic acids is 1. The molecule has 0 aromatic heterocycles. The van der Waals surface area contributed by atoms with Gasteiger partial charge in [0.2, 0.25) is 15.9 Å². The van der Waals surface area contributed by atoms with Gasteiger partial charge in [0.1, 0.15) is 23.2 Å². The lowest BCUT2D eigenvalue weighted by atomic mass is 9.89. The Morgan fingerprint density at radius 2 is 1.93 bits per heavy atom. The smallest absolute Gasteiger partial charge is 0.244 e. The minimum absolute atomic E-state index is 0.161. The summed E-state index contributed by atoms with van der Waals surface area (Å²) in [6.07, 6.45) is 1.47. The largest absolute Gasteiger partial charge is 0.487 e. The molecule has 8 heteroatoms. The van der Waals surface area contributed by atoms with Gasteiger partial charge in [-0.1, -0.05) is 29.8 Å². The summed E-state index contributed by atoms with van der Waals surface area (Å²) in [6.45, 7) is 7.26. The van der Waals surface area contributed by atoms with Crippen LogP contribution in [0.2, 0.25) is 0 Å². The number of fused-ring (bicyclic) bond motifs is 1. The van der Waals surface area contributed by atoms with Gasteiger partial charge in [0, 0.05) is 12.0 Å². The number of hydrogen-bond donors (Lipinski definition) is 1. The third-order valence-corrected chi connectivity index (χ3v) is 6.35. The lowest BCUT2D eigenvalue weighted by Crippen LogP contribution is -2.50. The maximum absolute atomic E-state index is 14.3. The van der Waals surface area contributed by atoms with Crippen molar-refractivity contribution in [2.45, 2.75) is 51.8 Å². The Kier molecular flexibility index (Phi) is 5.82. The molecule has 2 atom stereocenters. The van der Waals surface area contributed by atoms with Gasteiger partial charge < -0.3 is 10.1 Å². The highest BCUT2D eigenvalue weighted by molar-refractivity contribution is 7.92. The summed E-state index contributed by atoms with van der Waals surface area (Å²) >= 11 is 0.